The summed E-state index contributed by atoms with van der Waals surface area (Å²) in [5.74, 6) is 0.899. The third-order valence-electron chi connectivity index (χ3n) is 2.98. The third-order valence-corrected chi connectivity index (χ3v) is 2.98. The van der Waals surface area contributed by atoms with Crippen LogP contribution in [0.4, 0.5) is 0 Å². The molecule has 1 N–H and O–H groups in total. The van der Waals surface area contributed by atoms with Crippen LogP contribution in [0.5, 0.6) is 0 Å². The largest absolute Gasteiger partial charge is 0.361 e. The lowest BCUT2D eigenvalue weighted by atomic mass is 10.1. The van der Waals surface area contributed by atoms with Gasteiger partial charge in [-0.1, -0.05) is 35.5 Å². The number of aryl methyl sites for hydroxylation is 2. The second-order valence-electron chi connectivity index (χ2n) is 4.33. The molecule has 0 aliphatic heterocycles. The molecule has 2 aromatic rings. The van der Waals surface area contributed by atoms with E-state index >= 15 is 0 Å². The molecule has 1 aromatic carbocycles. The van der Waals surface area contributed by atoms with Crippen molar-refractivity contribution in [2.75, 3.05) is 0 Å². The molecule has 1 atom stereocenters. The molecule has 17 heavy (non-hydrogen) atoms. The van der Waals surface area contributed by atoms with Gasteiger partial charge in [0.1, 0.15) is 5.76 Å². The Bertz CT molecular complexity index is 457. The van der Waals surface area contributed by atoms with Crippen LogP contribution in [0.2, 0.25) is 0 Å². The normalized spacial score (nSPS) is 12.6. The first-order chi connectivity index (χ1) is 8.18. The number of hydrogen-bond acceptors (Lipinski definition) is 3. The maximum atomic E-state index is 5.18. The molecule has 90 valence electrons. The molecule has 0 spiro atoms. The van der Waals surface area contributed by atoms with Gasteiger partial charge in [0.15, 0.2) is 0 Å². The van der Waals surface area contributed by atoms with E-state index in [1.165, 1.54) is 11.1 Å². The quantitative estimate of drug-likeness (QED) is 0.876. The van der Waals surface area contributed by atoms with E-state index < -0.39 is 0 Å². The second-order valence-corrected chi connectivity index (χ2v) is 4.33. The zero-order chi connectivity index (χ0) is 12.3. The number of hydrogen-bond donors (Lipinski definition) is 1. The highest BCUT2D eigenvalue weighted by molar-refractivity contribution is 5.24. The van der Waals surface area contributed by atoms with Gasteiger partial charge in [-0.05, 0) is 26.3 Å². The molecule has 2 rings (SSSR count). The van der Waals surface area contributed by atoms with E-state index in [1.54, 1.807) is 0 Å². The Hall–Kier alpha value is -1.61. The fourth-order valence-corrected chi connectivity index (χ4v) is 2.08. The van der Waals surface area contributed by atoms with Crippen molar-refractivity contribution in [3.8, 4) is 0 Å². The molecule has 0 aliphatic rings. The molecule has 0 amide bonds. The first-order valence-corrected chi connectivity index (χ1v) is 5.88. The molecule has 0 radical (unpaired) electrons. The minimum absolute atomic E-state index is 0.251. The summed E-state index contributed by atoms with van der Waals surface area (Å²) in [6, 6.07) is 10.6. The van der Waals surface area contributed by atoms with E-state index in [2.05, 4.69) is 41.7 Å². The molecule has 0 bridgehead atoms. The van der Waals surface area contributed by atoms with Crippen molar-refractivity contribution in [2.24, 2.45) is 0 Å². The highest BCUT2D eigenvalue weighted by Crippen LogP contribution is 2.21. The first-order valence-electron chi connectivity index (χ1n) is 5.88. The van der Waals surface area contributed by atoms with Crippen molar-refractivity contribution in [2.45, 2.75) is 33.4 Å². The number of nitrogens with one attached hydrogen (secondary N) is 1. The molecule has 3 nitrogen and oxygen atoms in total. The highest BCUT2D eigenvalue weighted by Gasteiger charge is 2.15. The number of benzene rings is 1. The average Bonchev–Trinajstić information content (AvgIpc) is 2.67. The molecule has 1 heterocycles. The van der Waals surface area contributed by atoms with Crippen LogP contribution in [0, 0.1) is 13.8 Å². The molecule has 0 fully saturated rings. The Morgan fingerprint density at radius 2 is 1.94 bits per heavy atom. The van der Waals surface area contributed by atoms with Crippen LogP contribution in [-0.4, -0.2) is 5.16 Å². The van der Waals surface area contributed by atoms with Crippen LogP contribution < -0.4 is 5.32 Å². The van der Waals surface area contributed by atoms with Crippen molar-refractivity contribution in [3.63, 3.8) is 0 Å². The Labute approximate surface area is 102 Å². The van der Waals surface area contributed by atoms with E-state index in [0.29, 0.717) is 0 Å². The topological polar surface area (TPSA) is 38.1 Å². The Morgan fingerprint density at radius 3 is 2.53 bits per heavy atom. The summed E-state index contributed by atoms with van der Waals surface area (Å²) in [7, 11) is 0. The van der Waals surface area contributed by atoms with E-state index in [0.717, 1.165) is 18.0 Å². The van der Waals surface area contributed by atoms with Gasteiger partial charge in [-0.3, -0.25) is 0 Å². The Morgan fingerprint density at radius 1 is 1.24 bits per heavy atom. The van der Waals surface area contributed by atoms with Crippen molar-refractivity contribution in [3.05, 3.63) is 52.9 Å². The Kier molecular flexibility index (Phi) is 3.59. The predicted octanol–water partition coefficient (Wildman–Crippen LogP) is 3.14. The maximum absolute atomic E-state index is 5.18. The summed E-state index contributed by atoms with van der Waals surface area (Å²) in [5.41, 5.74) is 3.42. The highest BCUT2D eigenvalue weighted by atomic mass is 16.5. The summed E-state index contributed by atoms with van der Waals surface area (Å²) in [4.78, 5) is 0. The van der Waals surface area contributed by atoms with Crippen LogP contribution in [-0.2, 0) is 6.54 Å². The lowest BCUT2D eigenvalue weighted by molar-refractivity contribution is 0.390. The van der Waals surface area contributed by atoms with Crippen molar-refractivity contribution >= 4 is 0 Å². The van der Waals surface area contributed by atoms with Crippen molar-refractivity contribution in [1.82, 2.24) is 10.5 Å². The number of rotatable bonds is 4. The predicted molar refractivity (Wildman–Crippen MR) is 67.7 cm³/mol. The third kappa shape index (κ3) is 2.74. The smallest absolute Gasteiger partial charge is 0.138 e. The van der Waals surface area contributed by atoms with Crippen LogP contribution in [0.3, 0.4) is 0 Å². The van der Waals surface area contributed by atoms with E-state index in [1.807, 2.05) is 19.9 Å². The SMILES string of the molecule is Cc1noc(C)c1C(C)NCc1ccccc1. The first kappa shape index (κ1) is 11.9. The van der Waals surface area contributed by atoms with E-state index in [9.17, 15) is 0 Å². The molecule has 0 saturated heterocycles. The summed E-state index contributed by atoms with van der Waals surface area (Å²) in [6.45, 7) is 6.92. The van der Waals surface area contributed by atoms with Gasteiger partial charge in [0.05, 0.1) is 5.69 Å². The van der Waals surface area contributed by atoms with Gasteiger partial charge in [0, 0.05) is 18.2 Å². The molecule has 1 aromatic heterocycles. The molecular formula is C14H18N2O. The van der Waals surface area contributed by atoms with Crippen LogP contribution in [0.25, 0.3) is 0 Å². The lowest BCUT2D eigenvalue weighted by Crippen LogP contribution is -2.19. The Balaban J connectivity index is 2.01. The summed E-state index contributed by atoms with van der Waals surface area (Å²) in [6.07, 6.45) is 0. The standard InChI is InChI=1S/C14H18N2O/c1-10(14-11(2)16-17-12(14)3)15-9-13-7-5-4-6-8-13/h4-8,10,15H,9H2,1-3H3. The maximum Gasteiger partial charge on any atom is 0.138 e. The molecule has 1 unspecified atom stereocenters. The van der Waals surface area contributed by atoms with Crippen molar-refractivity contribution in [1.29, 1.82) is 0 Å². The molecule has 0 saturated carbocycles. The zero-order valence-electron chi connectivity index (χ0n) is 10.5. The van der Waals surface area contributed by atoms with Gasteiger partial charge in [-0.2, -0.15) is 0 Å². The van der Waals surface area contributed by atoms with Gasteiger partial charge in [0.2, 0.25) is 0 Å². The van der Waals surface area contributed by atoms with Gasteiger partial charge in [-0.15, -0.1) is 0 Å². The van der Waals surface area contributed by atoms with Crippen LogP contribution in [0.1, 0.15) is 35.5 Å². The minimum Gasteiger partial charge on any atom is -0.361 e. The second kappa shape index (κ2) is 5.15. The summed E-state index contributed by atoms with van der Waals surface area (Å²) in [5, 5.41) is 7.46. The van der Waals surface area contributed by atoms with Crippen molar-refractivity contribution < 1.29 is 4.52 Å². The number of aromatic nitrogens is 1. The summed E-state index contributed by atoms with van der Waals surface area (Å²) >= 11 is 0. The van der Waals surface area contributed by atoms with E-state index in [-0.39, 0.29) is 6.04 Å². The fraction of sp³-hybridized carbons (Fsp3) is 0.357. The van der Waals surface area contributed by atoms with Gasteiger partial charge < -0.3 is 9.84 Å². The molecule has 3 heteroatoms. The van der Waals surface area contributed by atoms with Crippen LogP contribution in [0.15, 0.2) is 34.9 Å². The minimum atomic E-state index is 0.251. The van der Waals surface area contributed by atoms with Gasteiger partial charge >= 0.3 is 0 Å². The molecule has 0 aliphatic carbocycles. The summed E-state index contributed by atoms with van der Waals surface area (Å²) < 4.78 is 5.18. The average molecular weight is 230 g/mol. The fourth-order valence-electron chi connectivity index (χ4n) is 2.08. The van der Waals surface area contributed by atoms with Crippen LogP contribution >= 0.6 is 0 Å². The van der Waals surface area contributed by atoms with Gasteiger partial charge in [-0.25, -0.2) is 0 Å². The number of nitrogens with zero attached hydrogens (tertiary/aromatic N) is 1. The molecular weight excluding hydrogens is 212 g/mol. The lowest BCUT2D eigenvalue weighted by Gasteiger charge is -2.13. The van der Waals surface area contributed by atoms with E-state index in [4.69, 9.17) is 4.52 Å². The van der Waals surface area contributed by atoms with Gasteiger partial charge in [0.25, 0.3) is 0 Å². The monoisotopic (exact) mass is 230 g/mol. The zero-order valence-corrected chi connectivity index (χ0v) is 10.5.